The Morgan fingerprint density at radius 3 is 2.00 bits per heavy atom. The van der Waals surface area contributed by atoms with Crippen LogP contribution in [-0.2, 0) is 6.18 Å². The van der Waals surface area contributed by atoms with Gasteiger partial charge in [0.1, 0.15) is 17.0 Å². The molecule has 0 aliphatic carbocycles. The van der Waals surface area contributed by atoms with E-state index in [1.165, 1.54) is 0 Å². The highest BCUT2D eigenvalue weighted by atomic mass is 19.4. The van der Waals surface area contributed by atoms with Gasteiger partial charge in [-0.15, -0.1) is 13.2 Å². The molecule has 1 aromatic heterocycles. The quantitative estimate of drug-likeness (QED) is 0.835. The molecule has 0 atom stereocenters. The van der Waals surface area contributed by atoms with Gasteiger partial charge >= 0.3 is 12.5 Å². The summed E-state index contributed by atoms with van der Waals surface area (Å²) in [6.07, 6.45) is -8.81. The van der Waals surface area contributed by atoms with E-state index in [2.05, 4.69) is 9.72 Å². The Hall–Kier alpha value is -2.45. The Bertz CT molecular complexity index is 664. The van der Waals surface area contributed by atoms with E-state index in [0.29, 0.717) is 6.07 Å². The lowest BCUT2D eigenvalue weighted by Crippen LogP contribution is -2.16. The molecule has 118 valence electrons. The number of alkyl halides is 6. The molecule has 0 saturated carbocycles. The molecule has 1 aromatic carbocycles. The van der Waals surface area contributed by atoms with Crippen molar-refractivity contribution in [2.45, 2.75) is 12.5 Å². The zero-order valence-electron chi connectivity index (χ0n) is 10.5. The number of halogens is 6. The van der Waals surface area contributed by atoms with Crippen LogP contribution in [0.25, 0.3) is 11.3 Å². The first-order valence-electron chi connectivity index (χ1n) is 5.69. The minimum atomic E-state index is -4.88. The van der Waals surface area contributed by atoms with Crippen LogP contribution in [0.3, 0.4) is 0 Å². The summed E-state index contributed by atoms with van der Waals surface area (Å²) in [4.78, 5) is 3.61. The van der Waals surface area contributed by atoms with Crippen LogP contribution in [0.5, 0.6) is 11.5 Å². The van der Waals surface area contributed by atoms with Crippen LogP contribution in [0.1, 0.15) is 5.56 Å². The molecule has 0 aliphatic rings. The minimum Gasteiger partial charge on any atom is -0.505 e. The molecule has 1 heterocycles. The molecule has 0 radical (unpaired) electrons. The molecule has 0 aliphatic heterocycles. The average molecular weight is 323 g/mol. The molecule has 22 heavy (non-hydrogen) atoms. The maximum atomic E-state index is 12.7. The van der Waals surface area contributed by atoms with Crippen LogP contribution in [0.15, 0.2) is 36.5 Å². The van der Waals surface area contributed by atoms with Crippen LogP contribution in [0.4, 0.5) is 26.3 Å². The number of ether oxygens (including phenoxy) is 1. The number of rotatable bonds is 2. The van der Waals surface area contributed by atoms with E-state index in [9.17, 15) is 31.4 Å². The van der Waals surface area contributed by atoms with Crippen molar-refractivity contribution in [2.75, 3.05) is 0 Å². The number of nitrogens with zero attached hydrogens (tertiary/aromatic N) is 1. The Kier molecular flexibility index (Phi) is 3.90. The lowest BCUT2D eigenvalue weighted by atomic mass is 10.1. The van der Waals surface area contributed by atoms with Crippen molar-refractivity contribution in [1.82, 2.24) is 4.98 Å². The highest BCUT2D eigenvalue weighted by Crippen LogP contribution is 2.40. The Balaban J connectivity index is 2.37. The summed E-state index contributed by atoms with van der Waals surface area (Å²) >= 11 is 0. The van der Waals surface area contributed by atoms with Crippen molar-refractivity contribution in [3.05, 3.63) is 42.1 Å². The van der Waals surface area contributed by atoms with Gasteiger partial charge in [0.15, 0.2) is 5.75 Å². The van der Waals surface area contributed by atoms with Crippen molar-refractivity contribution in [3.63, 3.8) is 0 Å². The van der Waals surface area contributed by atoms with E-state index >= 15 is 0 Å². The predicted molar refractivity (Wildman–Crippen MR) is 63.0 cm³/mol. The lowest BCUT2D eigenvalue weighted by Gasteiger charge is -2.12. The molecule has 0 unspecified atom stereocenters. The zero-order chi connectivity index (χ0) is 16.5. The summed E-state index contributed by atoms with van der Waals surface area (Å²) in [7, 11) is 0. The summed E-state index contributed by atoms with van der Waals surface area (Å²) < 4.78 is 77.7. The highest BCUT2D eigenvalue weighted by Gasteiger charge is 2.35. The Morgan fingerprint density at radius 1 is 0.909 bits per heavy atom. The van der Waals surface area contributed by atoms with Gasteiger partial charge in [0.25, 0.3) is 0 Å². The molecule has 1 N–H and O–H groups in total. The van der Waals surface area contributed by atoms with Crippen LogP contribution in [0, 0.1) is 0 Å². The molecule has 0 bridgehead atoms. The third-order valence-electron chi connectivity index (χ3n) is 2.59. The zero-order valence-corrected chi connectivity index (χ0v) is 10.5. The Morgan fingerprint density at radius 2 is 1.50 bits per heavy atom. The predicted octanol–water partition coefficient (Wildman–Crippen LogP) is 4.37. The van der Waals surface area contributed by atoms with Gasteiger partial charge in [0.2, 0.25) is 0 Å². The normalized spacial score (nSPS) is 12.3. The number of benzene rings is 1. The number of aromatic nitrogens is 1. The maximum absolute atomic E-state index is 12.7. The minimum absolute atomic E-state index is 0.0122. The monoisotopic (exact) mass is 323 g/mol. The molecule has 2 rings (SSSR count). The molecule has 0 amide bonds. The van der Waals surface area contributed by atoms with Gasteiger partial charge in [0.05, 0.1) is 0 Å². The second-order valence-electron chi connectivity index (χ2n) is 4.13. The van der Waals surface area contributed by atoms with E-state index < -0.39 is 35.3 Å². The maximum Gasteiger partial charge on any atom is 0.573 e. The van der Waals surface area contributed by atoms with E-state index in [1.54, 1.807) is 0 Å². The summed E-state index contributed by atoms with van der Waals surface area (Å²) in [5.74, 6) is -1.64. The standard InChI is InChI=1S/C13H7F6NO2/c14-12(15,16)9-5-6-20-10(11(9)21)7-1-3-8(4-2-7)22-13(17,18)19/h1-6,21H. The fourth-order valence-electron chi connectivity index (χ4n) is 1.71. The summed E-state index contributed by atoms with van der Waals surface area (Å²) in [6, 6.07) is 4.53. The fraction of sp³-hybridized carbons (Fsp3) is 0.154. The van der Waals surface area contributed by atoms with Crippen LogP contribution in [-0.4, -0.2) is 16.5 Å². The van der Waals surface area contributed by atoms with Crippen molar-refractivity contribution in [3.8, 4) is 22.8 Å². The van der Waals surface area contributed by atoms with Gasteiger partial charge in [-0.05, 0) is 30.3 Å². The highest BCUT2D eigenvalue weighted by molar-refractivity contribution is 5.68. The van der Waals surface area contributed by atoms with E-state index in [1.807, 2.05) is 0 Å². The first-order chi connectivity index (χ1) is 10.1. The van der Waals surface area contributed by atoms with Gasteiger partial charge in [-0.1, -0.05) is 0 Å². The van der Waals surface area contributed by atoms with Crippen molar-refractivity contribution in [1.29, 1.82) is 0 Å². The largest absolute Gasteiger partial charge is 0.573 e. The molecule has 3 nitrogen and oxygen atoms in total. The van der Waals surface area contributed by atoms with Gasteiger partial charge in [-0.2, -0.15) is 13.2 Å². The van der Waals surface area contributed by atoms with Crippen LogP contribution in [0.2, 0.25) is 0 Å². The van der Waals surface area contributed by atoms with E-state index in [0.717, 1.165) is 30.5 Å². The number of hydrogen-bond acceptors (Lipinski definition) is 3. The topological polar surface area (TPSA) is 42.4 Å². The second-order valence-corrected chi connectivity index (χ2v) is 4.13. The SMILES string of the molecule is Oc1c(C(F)(F)F)ccnc1-c1ccc(OC(F)(F)F)cc1. The second kappa shape index (κ2) is 5.39. The smallest absolute Gasteiger partial charge is 0.505 e. The van der Waals surface area contributed by atoms with Gasteiger partial charge in [-0.25, -0.2) is 0 Å². The van der Waals surface area contributed by atoms with Crippen LogP contribution < -0.4 is 4.74 Å². The third kappa shape index (κ3) is 3.60. The average Bonchev–Trinajstić information content (AvgIpc) is 2.37. The fourth-order valence-corrected chi connectivity index (χ4v) is 1.71. The molecule has 9 heteroatoms. The molecule has 2 aromatic rings. The molecule has 0 spiro atoms. The molecular formula is C13H7F6NO2. The van der Waals surface area contributed by atoms with Crippen molar-refractivity contribution >= 4 is 0 Å². The molecule has 0 saturated heterocycles. The van der Waals surface area contributed by atoms with Crippen molar-refractivity contribution < 1.29 is 36.2 Å². The van der Waals surface area contributed by atoms with Gasteiger partial charge < -0.3 is 9.84 Å². The third-order valence-corrected chi connectivity index (χ3v) is 2.59. The summed E-state index contributed by atoms with van der Waals surface area (Å²) in [5, 5.41) is 9.64. The number of pyridine rings is 1. The first-order valence-corrected chi connectivity index (χ1v) is 5.69. The van der Waals surface area contributed by atoms with Crippen LogP contribution >= 0.6 is 0 Å². The summed E-state index contributed by atoms with van der Waals surface area (Å²) in [5.41, 5.74) is -1.67. The van der Waals surface area contributed by atoms with E-state index in [4.69, 9.17) is 0 Å². The Labute approximate surface area is 119 Å². The van der Waals surface area contributed by atoms with Gasteiger partial charge in [0, 0.05) is 11.8 Å². The lowest BCUT2D eigenvalue weighted by molar-refractivity contribution is -0.274. The number of aromatic hydroxyl groups is 1. The molecule has 0 fully saturated rings. The van der Waals surface area contributed by atoms with Gasteiger partial charge in [-0.3, -0.25) is 4.98 Å². The summed E-state index contributed by atoms with van der Waals surface area (Å²) in [6.45, 7) is 0. The van der Waals surface area contributed by atoms with E-state index in [-0.39, 0.29) is 5.56 Å². The number of hydrogen-bond donors (Lipinski definition) is 1. The first kappa shape index (κ1) is 15.9. The molecular weight excluding hydrogens is 316 g/mol. The van der Waals surface area contributed by atoms with Crippen molar-refractivity contribution in [2.24, 2.45) is 0 Å².